The third-order valence-corrected chi connectivity index (χ3v) is 3.03. The van der Waals surface area contributed by atoms with Gasteiger partial charge in [-0.1, -0.05) is 30.6 Å². The van der Waals surface area contributed by atoms with Crippen LogP contribution in [0.2, 0.25) is 0 Å². The number of ether oxygens (including phenoxy) is 1. The van der Waals surface area contributed by atoms with Crippen LogP contribution < -0.4 is 10.4 Å². The molecule has 116 valence electrons. The molecule has 1 aromatic heterocycles. The average molecular weight is 303 g/mol. The van der Waals surface area contributed by atoms with E-state index in [2.05, 4.69) is 9.99 Å². The molecule has 0 bridgehead atoms. The van der Waals surface area contributed by atoms with Crippen molar-refractivity contribution in [1.82, 2.24) is 0 Å². The van der Waals surface area contributed by atoms with E-state index >= 15 is 0 Å². The van der Waals surface area contributed by atoms with Crippen molar-refractivity contribution in [3.05, 3.63) is 40.2 Å². The van der Waals surface area contributed by atoms with Gasteiger partial charge in [0.25, 0.3) is 0 Å². The quantitative estimate of drug-likeness (QED) is 0.367. The summed E-state index contributed by atoms with van der Waals surface area (Å²) in [4.78, 5) is 27.8. The van der Waals surface area contributed by atoms with Crippen molar-refractivity contribution in [2.24, 2.45) is 5.16 Å². The van der Waals surface area contributed by atoms with Crippen molar-refractivity contribution in [3.8, 4) is 5.75 Å². The van der Waals surface area contributed by atoms with Crippen LogP contribution in [0.3, 0.4) is 0 Å². The minimum Gasteiger partial charge on any atom is -0.493 e. The molecule has 22 heavy (non-hydrogen) atoms. The highest BCUT2D eigenvalue weighted by molar-refractivity contribution is 6.02. The molecule has 6 nitrogen and oxygen atoms in total. The number of oxime groups is 1. The molecule has 2 rings (SSSR count). The predicted molar refractivity (Wildman–Crippen MR) is 82.2 cm³/mol. The van der Waals surface area contributed by atoms with Gasteiger partial charge in [0.2, 0.25) is 0 Å². The predicted octanol–water partition coefficient (Wildman–Crippen LogP) is 2.87. The lowest BCUT2D eigenvalue weighted by atomic mass is 10.1. The third-order valence-electron chi connectivity index (χ3n) is 3.03. The molecule has 0 spiro atoms. The molecule has 1 heterocycles. The number of hydrogen-bond donors (Lipinski definition) is 0. The van der Waals surface area contributed by atoms with E-state index in [1.807, 2.05) is 6.92 Å². The van der Waals surface area contributed by atoms with Crippen molar-refractivity contribution in [2.75, 3.05) is 7.11 Å². The van der Waals surface area contributed by atoms with Crippen molar-refractivity contribution in [1.29, 1.82) is 0 Å². The Hall–Kier alpha value is -2.63. The zero-order valence-electron chi connectivity index (χ0n) is 12.7. The molecule has 2 aromatic rings. The summed E-state index contributed by atoms with van der Waals surface area (Å²) < 4.78 is 10.5. The Labute approximate surface area is 127 Å². The maximum Gasteiger partial charge on any atom is 0.345 e. The van der Waals surface area contributed by atoms with Gasteiger partial charge in [-0.25, -0.2) is 9.59 Å². The SMILES string of the molecule is CCC/C(=N\OC(C)=O)c1cc2cccc(OC)c2oc1=O. The maximum atomic E-state index is 12.2. The fraction of sp³-hybridized carbons (Fsp3) is 0.312. The zero-order valence-corrected chi connectivity index (χ0v) is 12.7. The number of fused-ring (bicyclic) bond motifs is 1. The van der Waals surface area contributed by atoms with Crippen molar-refractivity contribution >= 4 is 22.7 Å². The number of carbonyl (C=O) groups excluding carboxylic acids is 1. The molecule has 0 unspecified atom stereocenters. The molecule has 0 atom stereocenters. The molecule has 0 aliphatic carbocycles. The minimum atomic E-state index is -0.545. The van der Waals surface area contributed by atoms with E-state index < -0.39 is 11.6 Å². The Morgan fingerprint density at radius 1 is 1.36 bits per heavy atom. The number of hydrogen-bond acceptors (Lipinski definition) is 6. The highest BCUT2D eigenvalue weighted by atomic mass is 16.7. The lowest BCUT2D eigenvalue weighted by molar-refractivity contribution is -0.140. The molecule has 0 saturated heterocycles. The lowest BCUT2D eigenvalue weighted by Gasteiger charge is -2.07. The summed E-state index contributed by atoms with van der Waals surface area (Å²) in [6.45, 7) is 3.19. The van der Waals surface area contributed by atoms with Crippen molar-refractivity contribution < 1.29 is 18.8 Å². The summed E-state index contributed by atoms with van der Waals surface area (Å²) in [5, 5.41) is 4.48. The first kappa shape index (κ1) is 15.8. The first-order valence-electron chi connectivity index (χ1n) is 6.92. The van der Waals surface area contributed by atoms with Crippen LogP contribution in [-0.2, 0) is 9.63 Å². The lowest BCUT2D eigenvalue weighted by Crippen LogP contribution is -2.15. The minimum absolute atomic E-state index is 0.281. The highest BCUT2D eigenvalue weighted by Crippen LogP contribution is 2.24. The van der Waals surface area contributed by atoms with Gasteiger partial charge in [0.15, 0.2) is 11.3 Å². The first-order chi connectivity index (χ1) is 10.6. The van der Waals surface area contributed by atoms with Gasteiger partial charge >= 0.3 is 11.6 Å². The van der Waals surface area contributed by atoms with Crippen LogP contribution >= 0.6 is 0 Å². The van der Waals surface area contributed by atoms with E-state index in [4.69, 9.17) is 9.15 Å². The molecule has 6 heteroatoms. The number of methoxy groups -OCH3 is 1. The van der Waals surface area contributed by atoms with Gasteiger partial charge in [0.1, 0.15) is 0 Å². The Balaban J connectivity index is 2.58. The van der Waals surface area contributed by atoms with Gasteiger partial charge in [0, 0.05) is 12.3 Å². The summed E-state index contributed by atoms with van der Waals surface area (Å²) in [5.41, 5.74) is 0.499. The number of rotatable bonds is 5. The maximum absolute atomic E-state index is 12.2. The van der Waals surface area contributed by atoms with Crippen LogP contribution in [-0.4, -0.2) is 18.8 Å². The molecule has 0 amide bonds. The Morgan fingerprint density at radius 2 is 2.14 bits per heavy atom. The second-order valence-corrected chi connectivity index (χ2v) is 4.70. The van der Waals surface area contributed by atoms with E-state index in [0.29, 0.717) is 28.9 Å². The molecular weight excluding hydrogens is 286 g/mol. The van der Waals surface area contributed by atoms with Gasteiger partial charge in [-0.05, 0) is 18.6 Å². The molecule has 0 fully saturated rings. The van der Waals surface area contributed by atoms with Crippen LogP contribution in [0.1, 0.15) is 32.3 Å². The van der Waals surface area contributed by atoms with E-state index in [1.165, 1.54) is 14.0 Å². The second-order valence-electron chi connectivity index (χ2n) is 4.70. The standard InChI is InChI=1S/C16H17NO5/c1-4-6-13(17-22-10(2)18)12-9-11-7-5-8-14(20-3)15(11)21-16(12)19/h5,7-9H,4,6H2,1-3H3/b17-13+. The van der Waals surface area contributed by atoms with Crippen LogP contribution in [0.4, 0.5) is 0 Å². The molecular formula is C16H17NO5. The van der Waals surface area contributed by atoms with Gasteiger partial charge in [-0.3, -0.25) is 0 Å². The molecule has 0 aliphatic rings. The first-order valence-corrected chi connectivity index (χ1v) is 6.92. The molecule has 0 saturated carbocycles. The number of benzene rings is 1. The summed E-state index contributed by atoms with van der Waals surface area (Å²) in [7, 11) is 1.51. The highest BCUT2D eigenvalue weighted by Gasteiger charge is 2.14. The third kappa shape index (κ3) is 3.33. The van der Waals surface area contributed by atoms with E-state index in [0.717, 1.165) is 6.42 Å². The van der Waals surface area contributed by atoms with Crippen LogP contribution in [0, 0.1) is 0 Å². The number of carbonyl (C=O) groups is 1. The summed E-state index contributed by atoms with van der Waals surface area (Å²) in [6, 6.07) is 6.99. The summed E-state index contributed by atoms with van der Waals surface area (Å²) in [5.74, 6) is -0.0597. The van der Waals surface area contributed by atoms with Crippen LogP contribution in [0.15, 0.2) is 38.6 Å². The van der Waals surface area contributed by atoms with E-state index in [9.17, 15) is 9.59 Å². The number of nitrogens with zero attached hydrogens (tertiary/aromatic N) is 1. The van der Waals surface area contributed by atoms with Crippen LogP contribution in [0.25, 0.3) is 11.0 Å². The Morgan fingerprint density at radius 3 is 2.77 bits per heavy atom. The molecule has 0 aliphatic heterocycles. The van der Waals surface area contributed by atoms with E-state index in [-0.39, 0.29) is 5.56 Å². The topological polar surface area (TPSA) is 78.1 Å². The van der Waals surface area contributed by atoms with Gasteiger partial charge in [-0.15, -0.1) is 0 Å². The van der Waals surface area contributed by atoms with Crippen molar-refractivity contribution in [3.63, 3.8) is 0 Å². The Kier molecular flexibility index (Phi) is 4.93. The average Bonchev–Trinajstić information content (AvgIpc) is 2.50. The van der Waals surface area contributed by atoms with Crippen molar-refractivity contribution in [2.45, 2.75) is 26.7 Å². The van der Waals surface area contributed by atoms with Gasteiger partial charge in [-0.2, -0.15) is 0 Å². The number of para-hydroxylation sites is 1. The monoisotopic (exact) mass is 303 g/mol. The molecule has 0 N–H and O–H groups in total. The normalized spacial score (nSPS) is 11.5. The van der Waals surface area contributed by atoms with E-state index in [1.54, 1.807) is 24.3 Å². The fourth-order valence-electron chi connectivity index (χ4n) is 2.07. The summed E-state index contributed by atoms with van der Waals surface area (Å²) >= 11 is 0. The molecule has 1 aromatic carbocycles. The summed E-state index contributed by atoms with van der Waals surface area (Å²) in [6.07, 6.45) is 1.24. The van der Waals surface area contributed by atoms with Gasteiger partial charge < -0.3 is 14.0 Å². The fourth-order valence-corrected chi connectivity index (χ4v) is 2.07. The Bertz CT molecular complexity index is 776. The smallest absolute Gasteiger partial charge is 0.345 e. The van der Waals surface area contributed by atoms with Gasteiger partial charge in [0.05, 0.1) is 18.4 Å². The molecule has 0 radical (unpaired) electrons. The zero-order chi connectivity index (χ0) is 16.1. The second kappa shape index (κ2) is 6.89. The van der Waals surface area contributed by atoms with Crippen LogP contribution in [0.5, 0.6) is 5.75 Å². The largest absolute Gasteiger partial charge is 0.493 e.